The highest BCUT2D eigenvalue weighted by Gasteiger charge is 2.38. The van der Waals surface area contributed by atoms with E-state index >= 15 is 0 Å². The maximum absolute atomic E-state index is 11.9. The molecule has 2 aliphatic heterocycles. The minimum absolute atomic E-state index is 0.00231. The van der Waals surface area contributed by atoms with E-state index in [1.807, 2.05) is 6.08 Å². The fourth-order valence-corrected chi connectivity index (χ4v) is 2.08. The second-order valence-electron chi connectivity index (χ2n) is 4.52. The first kappa shape index (κ1) is 11.2. The van der Waals surface area contributed by atoms with Gasteiger partial charge in [-0.15, -0.1) is 0 Å². The first-order valence-corrected chi connectivity index (χ1v) is 5.83. The van der Waals surface area contributed by atoms with Crippen LogP contribution in [0.4, 0.5) is 0 Å². The van der Waals surface area contributed by atoms with Crippen LogP contribution in [0.15, 0.2) is 23.8 Å². The standard InChI is InChI=1S/C12H12N2O4/c15-10-4-2-7(12(17)14-10)13-11(16)6-1-3-8-9(5-6)18-8/h1,3,5,7-9H,2,4H2,(H,13,16)(H,14,15,17). The van der Waals surface area contributed by atoms with Gasteiger partial charge in [-0.05, 0) is 12.5 Å². The molecular formula is C12H12N2O4. The number of rotatable bonds is 2. The molecule has 2 heterocycles. The lowest BCUT2D eigenvalue weighted by Gasteiger charge is -2.22. The van der Waals surface area contributed by atoms with Crippen LogP contribution in [-0.4, -0.2) is 36.0 Å². The molecule has 0 saturated carbocycles. The molecule has 0 bridgehead atoms. The Bertz CT molecular complexity index is 494. The second kappa shape index (κ2) is 4.06. The van der Waals surface area contributed by atoms with Crippen molar-refractivity contribution in [3.63, 3.8) is 0 Å². The normalized spacial score (nSPS) is 33.3. The number of hydrogen-bond donors (Lipinski definition) is 2. The summed E-state index contributed by atoms with van der Waals surface area (Å²) in [5.41, 5.74) is 0.499. The van der Waals surface area contributed by atoms with E-state index in [0.29, 0.717) is 12.0 Å². The van der Waals surface area contributed by atoms with E-state index in [4.69, 9.17) is 4.74 Å². The van der Waals surface area contributed by atoms with E-state index in [2.05, 4.69) is 10.6 Å². The minimum Gasteiger partial charge on any atom is -0.361 e. The van der Waals surface area contributed by atoms with Gasteiger partial charge in [0.25, 0.3) is 5.91 Å². The van der Waals surface area contributed by atoms with Gasteiger partial charge in [0.15, 0.2) is 0 Å². The van der Waals surface area contributed by atoms with Crippen molar-refractivity contribution < 1.29 is 19.1 Å². The molecule has 3 atom stereocenters. The van der Waals surface area contributed by atoms with Crippen LogP contribution in [0.3, 0.4) is 0 Å². The number of imide groups is 1. The van der Waals surface area contributed by atoms with Gasteiger partial charge in [0.1, 0.15) is 18.2 Å². The second-order valence-corrected chi connectivity index (χ2v) is 4.52. The largest absolute Gasteiger partial charge is 0.361 e. The molecule has 3 rings (SSSR count). The molecule has 6 nitrogen and oxygen atoms in total. The third-order valence-corrected chi connectivity index (χ3v) is 3.18. The lowest BCUT2D eigenvalue weighted by atomic mass is 10.0. The maximum Gasteiger partial charge on any atom is 0.251 e. The van der Waals surface area contributed by atoms with Gasteiger partial charge in [-0.1, -0.05) is 12.2 Å². The predicted octanol–water partition coefficient (Wildman–Crippen LogP) is -0.829. The van der Waals surface area contributed by atoms with E-state index in [1.54, 1.807) is 12.2 Å². The monoisotopic (exact) mass is 248 g/mol. The van der Waals surface area contributed by atoms with Crippen molar-refractivity contribution in [1.82, 2.24) is 10.6 Å². The fraction of sp³-hybridized carbons (Fsp3) is 0.417. The van der Waals surface area contributed by atoms with Gasteiger partial charge >= 0.3 is 0 Å². The van der Waals surface area contributed by atoms with Crippen molar-refractivity contribution in [2.45, 2.75) is 31.1 Å². The van der Waals surface area contributed by atoms with Gasteiger partial charge in [0.2, 0.25) is 11.8 Å². The van der Waals surface area contributed by atoms with Gasteiger partial charge in [0, 0.05) is 12.0 Å². The van der Waals surface area contributed by atoms with E-state index in [-0.39, 0.29) is 30.4 Å². The molecular weight excluding hydrogens is 236 g/mol. The zero-order valence-electron chi connectivity index (χ0n) is 9.51. The van der Waals surface area contributed by atoms with E-state index in [1.165, 1.54) is 0 Å². The Kier molecular flexibility index (Phi) is 2.52. The summed E-state index contributed by atoms with van der Waals surface area (Å²) >= 11 is 0. The van der Waals surface area contributed by atoms with Crippen LogP contribution >= 0.6 is 0 Å². The maximum atomic E-state index is 11.9. The SMILES string of the molecule is O=C1CCC(NC(=O)C2=CC3OC3C=C2)C(=O)N1. The van der Waals surface area contributed by atoms with E-state index in [0.717, 1.165) is 0 Å². The Labute approximate surface area is 103 Å². The quantitative estimate of drug-likeness (QED) is 0.493. The van der Waals surface area contributed by atoms with Crippen LogP contribution < -0.4 is 10.6 Å². The molecule has 3 unspecified atom stereocenters. The Morgan fingerprint density at radius 3 is 2.94 bits per heavy atom. The average molecular weight is 248 g/mol. The number of nitrogens with one attached hydrogen (secondary N) is 2. The van der Waals surface area contributed by atoms with Crippen molar-refractivity contribution in [1.29, 1.82) is 0 Å². The summed E-state index contributed by atoms with van der Waals surface area (Å²) in [4.78, 5) is 34.4. The Hall–Kier alpha value is -1.95. The van der Waals surface area contributed by atoms with Gasteiger partial charge in [-0.2, -0.15) is 0 Å². The lowest BCUT2D eigenvalue weighted by molar-refractivity contribution is -0.136. The highest BCUT2D eigenvalue weighted by Crippen LogP contribution is 2.30. The summed E-state index contributed by atoms with van der Waals surface area (Å²) in [6, 6.07) is -0.637. The molecule has 0 spiro atoms. The average Bonchev–Trinajstić information content (AvgIpc) is 3.10. The first-order valence-electron chi connectivity index (χ1n) is 5.83. The molecule has 3 amide bonds. The molecule has 1 aliphatic carbocycles. The number of amides is 3. The summed E-state index contributed by atoms with van der Waals surface area (Å²) in [6.07, 6.45) is 5.95. The molecule has 6 heteroatoms. The molecule has 94 valence electrons. The van der Waals surface area contributed by atoms with Crippen LogP contribution in [0.1, 0.15) is 12.8 Å². The third kappa shape index (κ3) is 2.06. The number of epoxide rings is 1. The van der Waals surface area contributed by atoms with Crippen LogP contribution in [0.25, 0.3) is 0 Å². The molecule has 2 saturated heterocycles. The van der Waals surface area contributed by atoms with Crippen molar-refractivity contribution in [2.24, 2.45) is 0 Å². The molecule has 0 radical (unpaired) electrons. The smallest absolute Gasteiger partial charge is 0.251 e. The Balaban J connectivity index is 1.62. The topological polar surface area (TPSA) is 87.8 Å². The summed E-state index contributed by atoms with van der Waals surface area (Å²) in [5.74, 6) is -1.05. The highest BCUT2D eigenvalue weighted by atomic mass is 16.6. The van der Waals surface area contributed by atoms with Crippen molar-refractivity contribution in [3.8, 4) is 0 Å². The molecule has 0 aromatic heterocycles. The molecule has 18 heavy (non-hydrogen) atoms. The van der Waals surface area contributed by atoms with Gasteiger partial charge < -0.3 is 10.1 Å². The summed E-state index contributed by atoms with van der Waals surface area (Å²) in [7, 11) is 0. The summed E-state index contributed by atoms with van der Waals surface area (Å²) < 4.78 is 5.22. The molecule has 2 N–H and O–H groups in total. The lowest BCUT2D eigenvalue weighted by Crippen LogP contribution is -2.52. The number of carbonyl (C=O) groups is 3. The predicted molar refractivity (Wildman–Crippen MR) is 60.2 cm³/mol. The van der Waals surface area contributed by atoms with Crippen LogP contribution in [0, 0.1) is 0 Å². The van der Waals surface area contributed by atoms with Crippen molar-refractivity contribution in [2.75, 3.05) is 0 Å². The van der Waals surface area contributed by atoms with Crippen LogP contribution in [0.5, 0.6) is 0 Å². The zero-order chi connectivity index (χ0) is 12.7. The van der Waals surface area contributed by atoms with Gasteiger partial charge in [-0.3, -0.25) is 19.7 Å². The number of piperidine rings is 1. The molecule has 0 aromatic carbocycles. The minimum atomic E-state index is -0.637. The van der Waals surface area contributed by atoms with E-state index < -0.39 is 11.9 Å². The number of hydrogen-bond acceptors (Lipinski definition) is 4. The number of carbonyl (C=O) groups excluding carboxylic acids is 3. The third-order valence-electron chi connectivity index (χ3n) is 3.18. The van der Waals surface area contributed by atoms with Gasteiger partial charge in [0.05, 0.1) is 0 Å². The van der Waals surface area contributed by atoms with Crippen LogP contribution in [0.2, 0.25) is 0 Å². The molecule has 0 aromatic rings. The van der Waals surface area contributed by atoms with Crippen LogP contribution in [-0.2, 0) is 19.1 Å². The summed E-state index contributed by atoms with van der Waals surface area (Å²) in [5, 5.41) is 4.82. The number of ether oxygens (including phenoxy) is 1. The highest BCUT2D eigenvalue weighted by molar-refractivity contribution is 6.04. The first-order chi connectivity index (χ1) is 8.63. The Morgan fingerprint density at radius 1 is 1.39 bits per heavy atom. The van der Waals surface area contributed by atoms with E-state index in [9.17, 15) is 14.4 Å². The van der Waals surface area contributed by atoms with Crippen molar-refractivity contribution in [3.05, 3.63) is 23.8 Å². The number of fused-ring (bicyclic) bond motifs is 1. The molecule has 3 aliphatic rings. The zero-order valence-corrected chi connectivity index (χ0v) is 9.51. The molecule has 2 fully saturated rings. The fourth-order valence-electron chi connectivity index (χ4n) is 2.08. The van der Waals surface area contributed by atoms with Crippen molar-refractivity contribution >= 4 is 17.7 Å². The summed E-state index contributed by atoms with van der Waals surface area (Å²) in [6.45, 7) is 0. The van der Waals surface area contributed by atoms with Gasteiger partial charge in [-0.25, -0.2) is 0 Å². The Morgan fingerprint density at radius 2 is 2.22 bits per heavy atom.